The van der Waals surface area contributed by atoms with Crippen molar-refractivity contribution in [1.29, 1.82) is 0 Å². The highest BCUT2D eigenvalue weighted by atomic mass is 35.5. The van der Waals surface area contributed by atoms with Crippen molar-refractivity contribution in [3.8, 4) is 0 Å². The maximum atomic E-state index is 12.6. The van der Waals surface area contributed by atoms with Gasteiger partial charge in [0.25, 0.3) is 0 Å². The second kappa shape index (κ2) is 5.49. The minimum atomic E-state index is -3.40. The number of nitrogens with two attached hydrogens (primary N) is 1. The predicted octanol–water partition coefficient (Wildman–Crippen LogP) is 3.42. The molecule has 0 bridgehead atoms. The van der Waals surface area contributed by atoms with Crippen molar-refractivity contribution in [3.63, 3.8) is 0 Å². The minimum Gasteiger partial charge on any atom is -0.398 e. The first-order valence-electron chi connectivity index (χ1n) is 6.31. The van der Waals surface area contributed by atoms with Gasteiger partial charge < -0.3 is 5.73 Å². The molecule has 1 aromatic rings. The van der Waals surface area contributed by atoms with E-state index in [0.29, 0.717) is 12.8 Å². The minimum absolute atomic E-state index is 0.124. The number of sulfone groups is 1. The SMILES string of the molecule is Nc1cccc(Cl)c1S(=O)(=O)C1CCCCCC1. The van der Waals surface area contributed by atoms with E-state index in [1.165, 1.54) is 0 Å². The van der Waals surface area contributed by atoms with Crippen molar-refractivity contribution >= 4 is 27.1 Å². The van der Waals surface area contributed by atoms with E-state index in [9.17, 15) is 8.42 Å². The summed E-state index contributed by atoms with van der Waals surface area (Å²) in [6, 6.07) is 4.85. The van der Waals surface area contributed by atoms with Crippen molar-refractivity contribution in [3.05, 3.63) is 23.2 Å². The molecule has 2 rings (SSSR count). The van der Waals surface area contributed by atoms with E-state index in [-0.39, 0.29) is 20.9 Å². The van der Waals surface area contributed by atoms with Crippen LogP contribution < -0.4 is 5.73 Å². The number of rotatable bonds is 2. The van der Waals surface area contributed by atoms with Crippen LogP contribution in [0.25, 0.3) is 0 Å². The molecule has 0 aliphatic heterocycles. The van der Waals surface area contributed by atoms with Crippen LogP contribution in [0.15, 0.2) is 23.1 Å². The van der Waals surface area contributed by atoms with E-state index in [1.807, 2.05) is 0 Å². The van der Waals surface area contributed by atoms with Crippen LogP contribution in [0.3, 0.4) is 0 Å². The Balaban J connectivity index is 2.41. The van der Waals surface area contributed by atoms with Crippen LogP contribution in [0.4, 0.5) is 5.69 Å². The molecule has 1 fully saturated rings. The average molecular weight is 288 g/mol. The molecule has 100 valence electrons. The molecule has 1 aliphatic carbocycles. The monoisotopic (exact) mass is 287 g/mol. The molecule has 2 N–H and O–H groups in total. The highest BCUT2D eigenvalue weighted by Gasteiger charge is 2.31. The molecule has 0 radical (unpaired) electrons. The van der Waals surface area contributed by atoms with Gasteiger partial charge in [-0.3, -0.25) is 0 Å². The van der Waals surface area contributed by atoms with E-state index in [2.05, 4.69) is 0 Å². The summed E-state index contributed by atoms with van der Waals surface area (Å²) >= 11 is 6.01. The molecule has 0 amide bonds. The highest BCUT2D eigenvalue weighted by Crippen LogP contribution is 2.34. The van der Waals surface area contributed by atoms with Crippen LogP contribution in [0.5, 0.6) is 0 Å². The van der Waals surface area contributed by atoms with Gasteiger partial charge in [-0.05, 0) is 25.0 Å². The standard InChI is InChI=1S/C13H18ClNO2S/c14-11-8-5-9-12(15)13(11)18(16,17)10-6-3-1-2-4-7-10/h5,8-10H,1-4,6-7,15H2. The molecule has 18 heavy (non-hydrogen) atoms. The maximum absolute atomic E-state index is 12.6. The Kier molecular flexibility index (Phi) is 4.17. The summed E-state index contributed by atoms with van der Waals surface area (Å²) in [6.07, 6.45) is 5.59. The van der Waals surface area contributed by atoms with Gasteiger partial charge in [-0.2, -0.15) is 0 Å². The third-order valence-electron chi connectivity index (χ3n) is 3.52. The lowest BCUT2D eigenvalue weighted by Crippen LogP contribution is -2.22. The summed E-state index contributed by atoms with van der Waals surface area (Å²) in [5, 5.41) is -0.0959. The first-order valence-corrected chi connectivity index (χ1v) is 8.24. The van der Waals surface area contributed by atoms with Crippen molar-refractivity contribution in [2.24, 2.45) is 0 Å². The Morgan fingerprint density at radius 1 is 1.11 bits per heavy atom. The summed E-state index contributed by atoms with van der Waals surface area (Å²) in [5.41, 5.74) is 6.05. The quantitative estimate of drug-likeness (QED) is 0.670. The smallest absolute Gasteiger partial charge is 0.184 e. The molecule has 3 nitrogen and oxygen atoms in total. The Morgan fingerprint density at radius 2 is 1.72 bits per heavy atom. The van der Waals surface area contributed by atoms with Gasteiger partial charge in [-0.15, -0.1) is 0 Å². The number of benzene rings is 1. The summed E-state index contributed by atoms with van der Waals surface area (Å²) in [5.74, 6) is 0. The summed E-state index contributed by atoms with van der Waals surface area (Å²) < 4.78 is 25.2. The average Bonchev–Trinajstić information content (AvgIpc) is 2.57. The number of hydrogen-bond donors (Lipinski definition) is 1. The van der Waals surface area contributed by atoms with Crippen molar-refractivity contribution < 1.29 is 8.42 Å². The van der Waals surface area contributed by atoms with Gasteiger partial charge >= 0.3 is 0 Å². The molecular formula is C13H18ClNO2S. The number of halogens is 1. The number of nitrogen functional groups attached to an aromatic ring is 1. The van der Waals surface area contributed by atoms with E-state index < -0.39 is 9.84 Å². The van der Waals surface area contributed by atoms with Crippen molar-refractivity contribution in [2.75, 3.05) is 5.73 Å². The lowest BCUT2D eigenvalue weighted by Gasteiger charge is -2.17. The first-order chi connectivity index (χ1) is 8.53. The molecule has 0 unspecified atom stereocenters. The van der Waals surface area contributed by atoms with Gasteiger partial charge in [0, 0.05) is 0 Å². The van der Waals surface area contributed by atoms with Gasteiger partial charge in [0.1, 0.15) is 4.90 Å². The van der Waals surface area contributed by atoms with E-state index in [4.69, 9.17) is 17.3 Å². The molecule has 5 heteroatoms. The Bertz CT molecular complexity index is 500. The highest BCUT2D eigenvalue weighted by molar-refractivity contribution is 7.92. The fourth-order valence-electron chi connectivity index (χ4n) is 2.54. The van der Waals surface area contributed by atoms with Gasteiger partial charge in [0.15, 0.2) is 9.84 Å². The Labute approximate surface area is 113 Å². The van der Waals surface area contributed by atoms with Crippen LogP contribution in [0, 0.1) is 0 Å². The Hall–Kier alpha value is -0.740. The van der Waals surface area contributed by atoms with E-state index >= 15 is 0 Å². The van der Waals surface area contributed by atoms with Crippen LogP contribution in [-0.4, -0.2) is 13.7 Å². The zero-order valence-electron chi connectivity index (χ0n) is 10.2. The largest absolute Gasteiger partial charge is 0.398 e. The molecule has 1 aliphatic rings. The summed E-state index contributed by atoms with van der Waals surface area (Å²) in [6.45, 7) is 0. The molecule has 0 atom stereocenters. The van der Waals surface area contributed by atoms with Crippen LogP contribution >= 0.6 is 11.6 Å². The zero-order chi connectivity index (χ0) is 13.2. The van der Waals surface area contributed by atoms with Gasteiger partial charge in [-0.25, -0.2) is 8.42 Å². The molecular weight excluding hydrogens is 270 g/mol. The second-order valence-corrected chi connectivity index (χ2v) is 7.39. The molecule has 0 spiro atoms. The predicted molar refractivity (Wildman–Crippen MR) is 74.5 cm³/mol. The van der Waals surface area contributed by atoms with Gasteiger partial charge in [0.2, 0.25) is 0 Å². The van der Waals surface area contributed by atoms with Crippen molar-refractivity contribution in [1.82, 2.24) is 0 Å². The third-order valence-corrected chi connectivity index (χ3v) is 6.32. The molecule has 1 aromatic carbocycles. The van der Waals surface area contributed by atoms with E-state index in [1.54, 1.807) is 18.2 Å². The second-order valence-electron chi connectivity index (χ2n) is 4.82. The molecule has 0 aromatic heterocycles. The fraction of sp³-hybridized carbons (Fsp3) is 0.538. The maximum Gasteiger partial charge on any atom is 0.184 e. The zero-order valence-corrected chi connectivity index (χ0v) is 11.8. The number of anilines is 1. The molecule has 0 heterocycles. The van der Waals surface area contributed by atoms with Crippen LogP contribution in [-0.2, 0) is 9.84 Å². The summed E-state index contributed by atoms with van der Waals surface area (Å²) in [7, 11) is -3.40. The molecule has 1 saturated carbocycles. The van der Waals surface area contributed by atoms with Crippen molar-refractivity contribution in [2.45, 2.75) is 48.7 Å². The van der Waals surface area contributed by atoms with Gasteiger partial charge in [0.05, 0.1) is 16.0 Å². The lowest BCUT2D eigenvalue weighted by molar-refractivity contribution is 0.563. The first kappa shape index (κ1) is 13.7. The third kappa shape index (κ3) is 2.64. The summed E-state index contributed by atoms with van der Waals surface area (Å²) in [4.78, 5) is 0.124. The van der Waals surface area contributed by atoms with Gasteiger partial charge in [-0.1, -0.05) is 43.4 Å². The lowest BCUT2D eigenvalue weighted by atomic mass is 10.2. The Morgan fingerprint density at radius 3 is 2.28 bits per heavy atom. The fourth-order valence-corrected chi connectivity index (χ4v) is 5.07. The normalized spacial score (nSPS) is 18.5. The van der Waals surface area contributed by atoms with Crippen LogP contribution in [0.2, 0.25) is 5.02 Å². The molecule has 0 saturated heterocycles. The van der Waals surface area contributed by atoms with E-state index in [0.717, 1.165) is 25.7 Å². The van der Waals surface area contributed by atoms with Crippen LogP contribution in [0.1, 0.15) is 38.5 Å². The number of hydrogen-bond acceptors (Lipinski definition) is 3. The topological polar surface area (TPSA) is 60.2 Å².